The highest BCUT2D eigenvalue weighted by molar-refractivity contribution is 5.57. The molecule has 0 aliphatic heterocycles. The molecule has 1 saturated carbocycles. The van der Waals surface area contributed by atoms with Crippen molar-refractivity contribution in [1.82, 2.24) is 15.0 Å². The summed E-state index contributed by atoms with van der Waals surface area (Å²) < 4.78 is 1.92. The minimum Gasteiger partial charge on any atom is -0.234 e. The van der Waals surface area contributed by atoms with Crippen LogP contribution in [0.25, 0.3) is 11.3 Å². The number of benzene rings is 1. The van der Waals surface area contributed by atoms with Gasteiger partial charge in [-0.15, -0.1) is 11.5 Å². The predicted octanol–water partition coefficient (Wildman–Crippen LogP) is 3.63. The first-order valence-electron chi connectivity index (χ1n) is 7.30. The zero-order valence-corrected chi connectivity index (χ0v) is 11.6. The van der Waals surface area contributed by atoms with Crippen molar-refractivity contribution in [1.29, 1.82) is 0 Å². The van der Waals surface area contributed by atoms with Crippen LogP contribution in [0.2, 0.25) is 0 Å². The second kappa shape index (κ2) is 5.50. The van der Waals surface area contributed by atoms with Gasteiger partial charge in [-0.1, -0.05) is 67.1 Å². The Morgan fingerprint density at radius 1 is 1.05 bits per heavy atom. The van der Waals surface area contributed by atoms with E-state index < -0.39 is 0 Å². The van der Waals surface area contributed by atoms with E-state index in [0.29, 0.717) is 0 Å². The molecule has 0 unspecified atom stereocenters. The van der Waals surface area contributed by atoms with Crippen LogP contribution in [0.3, 0.4) is 0 Å². The Bertz CT molecular complexity index is 599. The van der Waals surface area contributed by atoms with Crippen LogP contribution in [0.5, 0.6) is 0 Å². The fraction of sp³-hybridized carbons (Fsp3) is 0.412. The predicted molar refractivity (Wildman–Crippen MR) is 80.0 cm³/mol. The summed E-state index contributed by atoms with van der Waals surface area (Å²) in [4.78, 5) is 0. The van der Waals surface area contributed by atoms with Gasteiger partial charge in [-0.25, -0.2) is 4.68 Å². The summed E-state index contributed by atoms with van der Waals surface area (Å²) in [5, 5.41) is 8.63. The molecule has 0 atom stereocenters. The lowest BCUT2D eigenvalue weighted by molar-refractivity contribution is 0.300. The smallest absolute Gasteiger partial charge is 0.124 e. The summed E-state index contributed by atoms with van der Waals surface area (Å²) in [6.07, 6.45) is 14.7. The lowest BCUT2D eigenvalue weighted by Crippen LogP contribution is -2.32. The lowest BCUT2D eigenvalue weighted by atomic mass is 9.91. The summed E-state index contributed by atoms with van der Waals surface area (Å²) >= 11 is 0. The molecule has 1 heterocycles. The molecule has 0 spiro atoms. The zero-order valence-electron chi connectivity index (χ0n) is 11.6. The first kappa shape index (κ1) is 12.9. The highest BCUT2D eigenvalue weighted by atomic mass is 15.4. The van der Waals surface area contributed by atoms with Gasteiger partial charge in [0.1, 0.15) is 11.2 Å². The van der Waals surface area contributed by atoms with Crippen molar-refractivity contribution in [2.45, 2.75) is 44.1 Å². The lowest BCUT2D eigenvalue weighted by Gasteiger charge is -2.26. The quantitative estimate of drug-likeness (QED) is 0.613. The van der Waals surface area contributed by atoms with E-state index in [4.69, 9.17) is 6.42 Å². The van der Waals surface area contributed by atoms with E-state index in [1.165, 1.54) is 25.7 Å². The Morgan fingerprint density at radius 2 is 1.75 bits per heavy atom. The highest BCUT2D eigenvalue weighted by Gasteiger charge is 2.32. The van der Waals surface area contributed by atoms with Crippen LogP contribution in [0, 0.1) is 12.3 Å². The van der Waals surface area contributed by atoms with E-state index in [2.05, 4.69) is 16.2 Å². The maximum absolute atomic E-state index is 5.85. The molecule has 1 aliphatic rings. The minimum atomic E-state index is -0.281. The number of hydrogen-bond donors (Lipinski definition) is 0. The molecule has 0 amide bonds. The standard InChI is InChI=1S/C17H19N3/c1-2-17(12-8-3-4-9-13-17)20-14-16(18-19-20)15-10-6-5-7-11-15/h1,5-7,10-11,14H,3-4,8-9,12-13H2. The van der Waals surface area contributed by atoms with Gasteiger partial charge in [0.15, 0.2) is 0 Å². The Labute approximate surface area is 120 Å². The van der Waals surface area contributed by atoms with Crippen molar-refractivity contribution in [3.63, 3.8) is 0 Å². The van der Waals surface area contributed by atoms with E-state index in [1.54, 1.807) is 0 Å². The molecule has 0 bridgehead atoms. The van der Waals surface area contributed by atoms with Crippen molar-refractivity contribution >= 4 is 0 Å². The van der Waals surface area contributed by atoms with Crippen molar-refractivity contribution in [2.75, 3.05) is 0 Å². The van der Waals surface area contributed by atoms with Gasteiger partial charge in [0, 0.05) is 5.56 Å². The van der Waals surface area contributed by atoms with Crippen molar-refractivity contribution in [2.24, 2.45) is 0 Å². The van der Waals surface area contributed by atoms with Crippen LogP contribution < -0.4 is 0 Å². The molecular formula is C17H19N3. The summed E-state index contributed by atoms with van der Waals surface area (Å²) in [6, 6.07) is 10.1. The van der Waals surface area contributed by atoms with E-state index in [0.717, 1.165) is 24.1 Å². The van der Waals surface area contributed by atoms with Crippen LogP contribution in [-0.4, -0.2) is 15.0 Å². The molecular weight excluding hydrogens is 246 g/mol. The normalized spacial score (nSPS) is 18.1. The maximum Gasteiger partial charge on any atom is 0.124 e. The molecule has 3 rings (SSSR count). The molecule has 0 radical (unpaired) electrons. The Hall–Kier alpha value is -2.08. The third-order valence-corrected chi connectivity index (χ3v) is 4.20. The third-order valence-electron chi connectivity index (χ3n) is 4.20. The number of terminal acetylenes is 1. The van der Waals surface area contributed by atoms with Crippen molar-refractivity contribution in [3.8, 4) is 23.6 Å². The van der Waals surface area contributed by atoms with Gasteiger partial charge in [-0.2, -0.15) is 0 Å². The van der Waals surface area contributed by atoms with E-state index >= 15 is 0 Å². The Kier molecular flexibility index (Phi) is 3.56. The Balaban J connectivity index is 1.94. The molecule has 0 N–H and O–H groups in total. The van der Waals surface area contributed by atoms with Gasteiger partial charge in [0.25, 0.3) is 0 Å². The highest BCUT2D eigenvalue weighted by Crippen LogP contribution is 2.33. The molecule has 1 aromatic carbocycles. The Morgan fingerprint density at radius 3 is 2.40 bits per heavy atom. The van der Waals surface area contributed by atoms with Gasteiger partial charge < -0.3 is 0 Å². The molecule has 3 nitrogen and oxygen atoms in total. The fourth-order valence-electron chi connectivity index (χ4n) is 2.97. The zero-order chi connectivity index (χ0) is 13.8. The first-order chi connectivity index (χ1) is 9.84. The van der Waals surface area contributed by atoms with Crippen LogP contribution >= 0.6 is 0 Å². The third kappa shape index (κ3) is 2.34. The molecule has 2 aromatic rings. The topological polar surface area (TPSA) is 30.7 Å². The number of hydrogen-bond acceptors (Lipinski definition) is 2. The van der Waals surface area contributed by atoms with Gasteiger partial charge in [-0.3, -0.25) is 0 Å². The van der Waals surface area contributed by atoms with Crippen LogP contribution in [0.15, 0.2) is 36.5 Å². The first-order valence-corrected chi connectivity index (χ1v) is 7.30. The maximum atomic E-state index is 5.85. The SMILES string of the molecule is C#CC1(n2cc(-c3ccccc3)nn2)CCCCCC1. The number of aromatic nitrogens is 3. The molecule has 1 aromatic heterocycles. The van der Waals surface area contributed by atoms with E-state index in [1.807, 2.05) is 41.2 Å². The van der Waals surface area contributed by atoms with Gasteiger partial charge in [0.2, 0.25) is 0 Å². The van der Waals surface area contributed by atoms with Crippen LogP contribution in [-0.2, 0) is 5.54 Å². The monoisotopic (exact) mass is 265 g/mol. The van der Waals surface area contributed by atoms with Crippen LogP contribution in [0.1, 0.15) is 38.5 Å². The molecule has 0 saturated heterocycles. The van der Waals surface area contributed by atoms with Crippen LogP contribution in [0.4, 0.5) is 0 Å². The van der Waals surface area contributed by atoms with Crippen molar-refractivity contribution in [3.05, 3.63) is 36.5 Å². The van der Waals surface area contributed by atoms with Gasteiger partial charge >= 0.3 is 0 Å². The summed E-state index contributed by atoms with van der Waals surface area (Å²) in [7, 11) is 0. The molecule has 20 heavy (non-hydrogen) atoms. The molecule has 1 fully saturated rings. The summed E-state index contributed by atoms with van der Waals surface area (Å²) in [5.41, 5.74) is 1.69. The van der Waals surface area contributed by atoms with Gasteiger partial charge in [-0.05, 0) is 12.8 Å². The van der Waals surface area contributed by atoms with E-state index in [9.17, 15) is 0 Å². The fourth-order valence-corrected chi connectivity index (χ4v) is 2.97. The number of rotatable bonds is 2. The molecule has 1 aliphatic carbocycles. The summed E-state index contributed by atoms with van der Waals surface area (Å²) in [6.45, 7) is 0. The number of nitrogens with zero attached hydrogens (tertiary/aromatic N) is 3. The largest absolute Gasteiger partial charge is 0.234 e. The summed E-state index contributed by atoms with van der Waals surface area (Å²) in [5.74, 6) is 3.00. The molecule has 3 heteroatoms. The minimum absolute atomic E-state index is 0.281. The van der Waals surface area contributed by atoms with E-state index in [-0.39, 0.29) is 5.54 Å². The molecule has 102 valence electrons. The average Bonchev–Trinajstić information content (AvgIpc) is 2.88. The average molecular weight is 265 g/mol. The van der Waals surface area contributed by atoms with Crippen molar-refractivity contribution < 1.29 is 0 Å². The van der Waals surface area contributed by atoms with Gasteiger partial charge in [0.05, 0.1) is 6.20 Å². The second-order valence-corrected chi connectivity index (χ2v) is 5.50. The second-order valence-electron chi connectivity index (χ2n) is 5.50.